The van der Waals surface area contributed by atoms with Crippen molar-refractivity contribution in [2.45, 2.75) is 44.9 Å². The van der Waals surface area contributed by atoms with E-state index in [-0.39, 0.29) is 11.6 Å². The van der Waals surface area contributed by atoms with Crippen LogP contribution >= 0.6 is 0 Å². The summed E-state index contributed by atoms with van der Waals surface area (Å²) in [4.78, 5) is 6.66. The van der Waals surface area contributed by atoms with Crippen LogP contribution in [0.1, 0.15) is 30.7 Å². The second-order valence-corrected chi connectivity index (χ2v) is 9.24. The van der Waals surface area contributed by atoms with Gasteiger partial charge in [-0.15, -0.1) is 0 Å². The third-order valence-corrected chi connectivity index (χ3v) is 6.90. The summed E-state index contributed by atoms with van der Waals surface area (Å²) in [5.41, 5.74) is 0.734. The Morgan fingerprint density at radius 2 is 1.86 bits per heavy atom. The zero-order valence-electron chi connectivity index (χ0n) is 21.4. The zero-order valence-corrected chi connectivity index (χ0v) is 21.4. The Labute approximate surface area is 212 Å². The summed E-state index contributed by atoms with van der Waals surface area (Å²) in [7, 11) is 3.39. The lowest BCUT2D eigenvalue weighted by molar-refractivity contribution is -0.0548. The Bertz CT molecular complexity index is 1120. The molecule has 8 heteroatoms. The van der Waals surface area contributed by atoms with Gasteiger partial charge in [-0.25, -0.2) is 9.37 Å². The first kappa shape index (κ1) is 26.0. The fourth-order valence-corrected chi connectivity index (χ4v) is 4.64. The summed E-state index contributed by atoms with van der Waals surface area (Å²) in [5.74, 6) is 2.35. The minimum Gasteiger partial charge on any atom is -0.493 e. The molecule has 0 bridgehead atoms. The smallest absolute Gasteiger partial charge is 0.165 e. The van der Waals surface area contributed by atoms with Crippen LogP contribution in [0.5, 0.6) is 17.2 Å². The molecule has 2 heterocycles. The summed E-state index contributed by atoms with van der Waals surface area (Å²) in [6.07, 6.45) is 6.39. The summed E-state index contributed by atoms with van der Waals surface area (Å²) in [5, 5.41) is 0. The van der Waals surface area contributed by atoms with Gasteiger partial charge in [0.1, 0.15) is 24.6 Å². The molecule has 0 radical (unpaired) electrons. The third kappa shape index (κ3) is 6.56. The Hall–Kier alpha value is -3.10. The van der Waals surface area contributed by atoms with Crippen LogP contribution in [0.15, 0.2) is 54.9 Å². The minimum absolute atomic E-state index is 0.268. The van der Waals surface area contributed by atoms with E-state index in [2.05, 4.69) is 20.5 Å². The van der Waals surface area contributed by atoms with Crippen LogP contribution in [0.3, 0.4) is 0 Å². The molecule has 0 N–H and O–H groups in total. The van der Waals surface area contributed by atoms with Gasteiger partial charge in [-0.3, -0.25) is 4.90 Å². The largest absolute Gasteiger partial charge is 0.493 e. The predicted octanol–water partition coefficient (Wildman–Crippen LogP) is 4.87. The van der Waals surface area contributed by atoms with E-state index in [0.717, 1.165) is 68.3 Å². The van der Waals surface area contributed by atoms with Gasteiger partial charge in [-0.2, -0.15) is 0 Å². The van der Waals surface area contributed by atoms with Crippen LogP contribution in [0.25, 0.3) is 0 Å². The fourth-order valence-electron chi connectivity index (χ4n) is 4.64. The number of para-hydroxylation sites is 1. The van der Waals surface area contributed by atoms with Crippen molar-refractivity contribution < 1.29 is 23.3 Å². The monoisotopic (exact) mass is 497 g/mol. The van der Waals surface area contributed by atoms with E-state index in [9.17, 15) is 4.39 Å². The molecular formula is C28H36FN3O4. The standard InChI is InChI=1S/C28H36FN3O4/c1-22-30-13-16-32(22)17-18-35-26-10-9-23(19-27(26)33-2)20-31-14-6-11-28(34-3,12-15-31)21-36-25-8-5-4-7-24(25)29/h4-5,7-10,13,16,19H,6,11-12,14-15,17-18,20-21H2,1-3H3. The number of hydrogen-bond donors (Lipinski definition) is 0. The van der Waals surface area contributed by atoms with Crippen molar-refractivity contribution in [3.05, 3.63) is 72.1 Å². The van der Waals surface area contributed by atoms with Crippen LogP contribution in [0.2, 0.25) is 0 Å². The van der Waals surface area contributed by atoms with E-state index >= 15 is 0 Å². The number of methoxy groups -OCH3 is 2. The molecule has 3 aromatic rings. The highest BCUT2D eigenvalue weighted by atomic mass is 19.1. The SMILES string of the molecule is COc1cc(CN2CCCC(COc3ccccc3F)(OC)CC2)ccc1OCCn1ccnc1C. The number of nitrogens with zero attached hydrogens (tertiary/aromatic N) is 3. The molecule has 0 saturated carbocycles. The van der Waals surface area contributed by atoms with Crippen molar-refractivity contribution in [1.29, 1.82) is 0 Å². The van der Waals surface area contributed by atoms with Crippen molar-refractivity contribution in [2.75, 3.05) is 40.5 Å². The third-order valence-electron chi connectivity index (χ3n) is 6.90. The molecule has 2 aromatic carbocycles. The number of aromatic nitrogens is 2. The van der Waals surface area contributed by atoms with Gasteiger partial charge in [0.25, 0.3) is 0 Å². The minimum atomic E-state index is -0.431. The number of aryl methyl sites for hydroxylation is 1. The van der Waals surface area contributed by atoms with Gasteiger partial charge in [0.2, 0.25) is 0 Å². The van der Waals surface area contributed by atoms with Crippen molar-refractivity contribution in [1.82, 2.24) is 14.5 Å². The number of imidazole rings is 1. The Morgan fingerprint density at radius 1 is 1.00 bits per heavy atom. The Kier molecular flexibility index (Phi) is 8.83. The van der Waals surface area contributed by atoms with Crippen molar-refractivity contribution in [3.8, 4) is 17.2 Å². The highest BCUT2D eigenvalue weighted by Crippen LogP contribution is 2.31. The van der Waals surface area contributed by atoms with Gasteiger partial charge in [-0.05, 0) is 62.6 Å². The zero-order chi connectivity index (χ0) is 25.4. The average Bonchev–Trinajstić information content (AvgIpc) is 3.19. The molecule has 0 aliphatic carbocycles. The lowest BCUT2D eigenvalue weighted by atomic mass is 9.95. The summed E-state index contributed by atoms with van der Waals surface area (Å²) in [6.45, 7) is 6.19. The normalized spacial score (nSPS) is 18.6. The van der Waals surface area contributed by atoms with Crippen LogP contribution in [0.4, 0.5) is 4.39 Å². The molecular weight excluding hydrogens is 461 g/mol. The van der Waals surface area contributed by atoms with E-state index in [4.69, 9.17) is 18.9 Å². The van der Waals surface area contributed by atoms with Gasteiger partial charge in [0, 0.05) is 32.6 Å². The fraction of sp³-hybridized carbons (Fsp3) is 0.464. The molecule has 1 aliphatic rings. The number of ether oxygens (including phenoxy) is 4. The quantitative estimate of drug-likeness (QED) is 0.377. The van der Waals surface area contributed by atoms with E-state index in [1.54, 1.807) is 38.6 Å². The highest BCUT2D eigenvalue weighted by Gasteiger charge is 2.34. The number of rotatable bonds is 11. The Morgan fingerprint density at radius 3 is 2.61 bits per heavy atom. The lowest BCUT2D eigenvalue weighted by Crippen LogP contribution is -2.39. The number of halogens is 1. The van der Waals surface area contributed by atoms with Crippen LogP contribution in [-0.2, 0) is 17.8 Å². The van der Waals surface area contributed by atoms with Crippen molar-refractivity contribution in [3.63, 3.8) is 0 Å². The van der Waals surface area contributed by atoms with Crippen LogP contribution in [-0.4, -0.2) is 60.6 Å². The predicted molar refractivity (Wildman–Crippen MR) is 136 cm³/mol. The van der Waals surface area contributed by atoms with Crippen molar-refractivity contribution in [2.24, 2.45) is 0 Å². The van der Waals surface area contributed by atoms with E-state index in [1.165, 1.54) is 6.07 Å². The van der Waals surface area contributed by atoms with Crippen molar-refractivity contribution >= 4 is 0 Å². The molecule has 36 heavy (non-hydrogen) atoms. The maximum absolute atomic E-state index is 14.0. The molecule has 1 saturated heterocycles. The molecule has 0 spiro atoms. The van der Waals surface area contributed by atoms with E-state index in [1.807, 2.05) is 25.3 Å². The summed E-state index contributed by atoms with van der Waals surface area (Å²) < 4.78 is 39.4. The Balaban J connectivity index is 1.32. The maximum Gasteiger partial charge on any atom is 0.165 e. The number of benzene rings is 2. The number of likely N-dealkylation sites (tertiary alicyclic amines) is 1. The molecule has 7 nitrogen and oxygen atoms in total. The first-order chi connectivity index (χ1) is 17.5. The highest BCUT2D eigenvalue weighted by molar-refractivity contribution is 5.43. The van der Waals surface area contributed by atoms with Gasteiger partial charge >= 0.3 is 0 Å². The maximum atomic E-state index is 14.0. The molecule has 4 rings (SSSR count). The summed E-state index contributed by atoms with van der Waals surface area (Å²) in [6, 6.07) is 12.6. The molecule has 1 aliphatic heterocycles. The van der Waals surface area contributed by atoms with Crippen LogP contribution in [0, 0.1) is 12.7 Å². The lowest BCUT2D eigenvalue weighted by Gasteiger charge is -2.31. The molecule has 1 fully saturated rings. The molecule has 194 valence electrons. The molecule has 1 atom stereocenters. The second-order valence-electron chi connectivity index (χ2n) is 9.24. The van der Waals surface area contributed by atoms with Gasteiger partial charge in [0.15, 0.2) is 23.1 Å². The van der Waals surface area contributed by atoms with Gasteiger partial charge in [0.05, 0.1) is 13.7 Å². The first-order valence-electron chi connectivity index (χ1n) is 12.4. The average molecular weight is 498 g/mol. The molecule has 1 unspecified atom stereocenters. The van der Waals surface area contributed by atoms with E-state index < -0.39 is 5.60 Å². The molecule has 1 aromatic heterocycles. The van der Waals surface area contributed by atoms with E-state index in [0.29, 0.717) is 13.2 Å². The first-order valence-corrected chi connectivity index (χ1v) is 12.4. The topological polar surface area (TPSA) is 58.0 Å². The van der Waals surface area contributed by atoms with Crippen LogP contribution < -0.4 is 14.2 Å². The van der Waals surface area contributed by atoms with Gasteiger partial charge < -0.3 is 23.5 Å². The van der Waals surface area contributed by atoms with Gasteiger partial charge in [-0.1, -0.05) is 18.2 Å². The number of hydrogen-bond acceptors (Lipinski definition) is 6. The second kappa shape index (κ2) is 12.2. The molecule has 0 amide bonds. The summed E-state index contributed by atoms with van der Waals surface area (Å²) >= 11 is 0.